The van der Waals surface area contributed by atoms with Gasteiger partial charge in [0.05, 0.1) is 30.7 Å². The summed E-state index contributed by atoms with van der Waals surface area (Å²) >= 11 is 6.28. The number of alkyl halides is 1. The molecule has 0 spiro atoms. The van der Waals surface area contributed by atoms with Gasteiger partial charge in [0.25, 0.3) is 0 Å². The third-order valence-electron chi connectivity index (χ3n) is 3.37. The van der Waals surface area contributed by atoms with Crippen LogP contribution in [0, 0.1) is 0 Å². The molecule has 0 bridgehead atoms. The molecule has 0 radical (unpaired) electrons. The van der Waals surface area contributed by atoms with Gasteiger partial charge in [0.1, 0.15) is 17.1 Å². The number of ether oxygens (including phenoxy) is 1. The molecular formula is C14H16ClN5O. The van der Waals surface area contributed by atoms with Crippen LogP contribution in [-0.2, 0) is 13.1 Å². The molecule has 0 saturated heterocycles. The van der Waals surface area contributed by atoms with Crippen LogP contribution in [0.3, 0.4) is 0 Å². The van der Waals surface area contributed by atoms with Crippen molar-refractivity contribution < 1.29 is 4.74 Å². The number of methoxy groups -OCH3 is 1. The Bertz CT molecular complexity index is 735. The van der Waals surface area contributed by atoms with Crippen molar-refractivity contribution in [3.63, 3.8) is 0 Å². The van der Waals surface area contributed by atoms with Crippen LogP contribution in [-0.4, -0.2) is 31.7 Å². The van der Waals surface area contributed by atoms with Crippen LogP contribution in [0.25, 0.3) is 11.0 Å². The molecule has 6 nitrogen and oxygen atoms in total. The minimum Gasteiger partial charge on any atom is -0.494 e. The fourth-order valence-corrected chi connectivity index (χ4v) is 2.56. The normalized spacial score (nSPS) is 12.7. The van der Waals surface area contributed by atoms with Gasteiger partial charge in [-0.15, -0.1) is 16.7 Å². The number of fused-ring (bicyclic) bond motifs is 1. The average Bonchev–Trinajstić information content (AvgIpc) is 3.11. The van der Waals surface area contributed by atoms with Crippen LogP contribution >= 0.6 is 11.6 Å². The molecule has 0 amide bonds. The quantitative estimate of drug-likeness (QED) is 0.680. The van der Waals surface area contributed by atoms with Gasteiger partial charge in [-0.3, -0.25) is 4.68 Å². The molecule has 0 aliphatic rings. The summed E-state index contributed by atoms with van der Waals surface area (Å²) in [5, 5.41) is 7.61. The zero-order chi connectivity index (χ0) is 14.8. The van der Waals surface area contributed by atoms with Gasteiger partial charge in [0.15, 0.2) is 0 Å². The van der Waals surface area contributed by atoms with Crippen LogP contribution in [0.4, 0.5) is 0 Å². The summed E-state index contributed by atoms with van der Waals surface area (Å²) in [4.78, 5) is 4.64. The van der Waals surface area contributed by atoms with E-state index in [1.807, 2.05) is 31.3 Å². The number of hydrogen-bond acceptors (Lipinski definition) is 4. The van der Waals surface area contributed by atoms with Crippen molar-refractivity contribution in [1.29, 1.82) is 0 Å². The molecule has 0 aliphatic carbocycles. The Morgan fingerprint density at radius 3 is 2.86 bits per heavy atom. The molecule has 110 valence electrons. The third-order valence-corrected chi connectivity index (χ3v) is 3.57. The second-order valence-electron chi connectivity index (χ2n) is 4.73. The molecule has 3 aromatic rings. The van der Waals surface area contributed by atoms with Gasteiger partial charge in [-0.05, 0) is 19.1 Å². The van der Waals surface area contributed by atoms with Crippen molar-refractivity contribution in [2.24, 2.45) is 0 Å². The summed E-state index contributed by atoms with van der Waals surface area (Å²) in [6.45, 7) is 3.35. The first kappa shape index (κ1) is 13.9. The number of benzene rings is 1. The van der Waals surface area contributed by atoms with Crippen molar-refractivity contribution in [3.05, 3.63) is 36.4 Å². The molecule has 0 N–H and O–H groups in total. The molecule has 1 unspecified atom stereocenters. The van der Waals surface area contributed by atoms with Crippen LogP contribution in [0.15, 0.2) is 30.6 Å². The minimum absolute atomic E-state index is 0.183. The van der Waals surface area contributed by atoms with E-state index in [4.69, 9.17) is 16.3 Å². The number of aryl methyl sites for hydroxylation is 2. The summed E-state index contributed by atoms with van der Waals surface area (Å²) in [5.74, 6) is 1.59. The molecular weight excluding hydrogens is 290 g/mol. The Morgan fingerprint density at radius 2 is 2.19 bits per heavy atom. The molecule has 1 atom stereocenters. The molecule has 2 aromatic heterocycles. The maximum absolute atomic E-state index is 6.28. The first-order chi connectivity index (χ1) is 10.2. The molecule has 0 saturated carbocycles. The van der Waals surface area contributed by atoms with E-state index in [0.29, 0.717) is 6.54 Å². The first-order valence-corrected chi connectivity index (χ1v) is 7.15. The highest BCUT2D eigenvalue weighted by atomic mass is 35.5. The van der Waals surface area contributed by atoms with Crippen molar-refractivity contribution in [1.82, 2.24) is 24.5 Å². The lowest BCUT2D eigenvalue weighted by Crippen LogP contribution is -2.11. The Kier molecular flexibility index (Phi) is 3.79. The van der Waals surface area contributed by atoms with E-state index in [-0.39, 0.29) is 5.38 Å². The maximum Gasteiger partial charge on any atom is 0.146 e. The highest BCUT2D eigenvalue weighted by Gasteiger charge is 2.17. The second kappa shape index (κ2) is 5.73. The fraction of sp³-hybridized carbons (Fsp3) is 0.357. The number of aromatic nitrogens is 5. The highest BCUT2D eigenvalue weighted by molar-refractivity contribution is 6.20. The van der Waals surface area contributed by atoms with E-state index in [1.165, 1.54) is 0 Å². The van der Waals surface area contributed by atoms with Gasteiger partial charge >= 0.3 is 0 Å². The lowest BCUT2D eigenvalue weighted by molar-refractivity contribution is 0.419. The summed E-state index contributed by atoms with van der Waals surface area (Å²) in [5.41, 5.74) is 1.85. The average molecular weight is 306 g/mol. The molecule has 2 heterocycles. The number of nitrogens with zero attached hydrogens (tertiary/aromatic N) is 5. The van der Waals surface area contributed by atoms with Crippen LogP contribution in [0.2, 0.25) is 0 Å². The van der Waals surface area contributed by atoms with Crippen LogP contribution in [0.1, 0.15) is 18.1 Å². The van der Waals surface area contributed by atoms with E-state index in [9.17, 15) is 0 Å². The standard InChI is InChI=1S/C14H16ClN5O/c1-10(15)14-17-13-11(4-3-5-12(13)21-2)20(14)9-8-19-7-6-16-18-19/h3-7,10H,8-9H2,1-2H3. The van der Waals surface area contributed by atoms with Crippen molar-refractivity contribution in [3.8, 4) is 5.75 Å². The van der Waals surface area contributed by atoms with E-state index < -0.39 is 0 Å². The summed E-state index contributed by atoms with van der Waals surface area (Å²) < 4.78 is 9.27. The SMILES string of the molecule is COc1cccc2c1nc(C(C)Cl)n2CCn1ccnn1. The van der Waals surface area contributed by atoms with Gasteiger partial charge in [0.2, 0.25) is 0 Å². The predicted octanol–water partition coefficient (Wildman–Crippen LogP) is 2.64. The topological polar surface area (TPSA) is 57.8 Å². The second-order valence-corrected chi connectivity index (χ2v) is 5.39. The zero-order valence-electron chi connectivity index (χ0n) is 11.9. The molecule has 1 aromatic carbocycles. The van der Waals surface area contributed by atoms with Crippen LogP contribution < -0.4 is 4.74 Å². The van der Waals surface area contributed by atoms with E-state index in [2.05, 4.69) is 19.9 Å². The predicted molar refractivity (Wildman–Crippen MR) is 80.6 cm³/mol. The molecule has 7 heteroatoms. The van der Waals surface area contributed by atoms with E-state index >= 15 is 0 Å². The molecule has 21 heavy (non-hydrogen) atoms. The summed E-state index contributed by atoms with van der Waals surface area (Å²) in [6.07, 6.45) is 3.50. The largest absolute Gasteiger partial charge is 0.494 e. The Hall–Kier alpha value is -2.08. The van der Waals surface area contributed by atoms with Crippen molar-refractivity contribution >= 4 is 22.6 Å². The van der Waals surface area contributed by atoms with Crippen molar-refractivity contribution in [2.45, 2.75) is 25.4 Å². The highest BCUT2D eigenvalue weighted by Crippen LogP contribution is 2.29. The molecule has 0 fully saturated rings. The number of hydrogen-bond donors (Lipinski definition) is 0. The van der Waals surface area contributed by atoms with E-state index in [1.54, 1.807) is 18.0 Å². The number of rotatable bonds is 5. The fourth-order valence-electron chi connectivity index (χ4n) is 2.40. The zero-order valence-corrected chi connectivity index (χ0v) is 12.7. The molecule has 3 rings (SSSR count). The number of para-hydroxylation sites is 1. The number of imidazole rings is 1. The van der Waals surface area contributed by atoms with E-state index in [0.717, 1.165) is 29.2 Å². The van der Waals surface area contributed by atoms with Gasteiger partial charge in [0, 0.05) is 12.7 Å². The molecule has 0 aliphatic heterocycles. The summed E-state index contributed by atoms with van der Waals surface area (Å²) in [7, 11) is 1.65. The summed E-state index contributed by atoms with van der Waals surface area (Å²) in [6, 6.07) is 5.88. The van der Waals surface area contributed by atoms with Gasteiger partial charge < -0.3 is 9.30 Å². The smallest absolute Gasteiger partial charge is 0.146 e. The van der Waals surface area contributed by atoms with Crippen molar-refractivity contribution in [2.75, 3.05) is 7.11 Å². The minimum atomic E-state index is -0.183. The lowest BCUT2D eigenvalue weighted by Gasteiger charge is -2.10. The maximum atomic E-state index is 6.28. The number of halogens is 1. The third kappa shape index (κ3) is 2.58. The Morgan fingerprint density at radius 1 is 1.33 bits per heavy atom. The Balaban J connectivity index is 2.03. The van der Waals surface area contributed by atoms with Gasteiger partial charge in [-0.25, -0.2) is 4.98 Å². The lowest BCUT2D eigenvalue weighted by atomic mass is 10.3. The first-order valence-electron chi connectivity index (χ1n) is 6.72. The van der Waals surface area contributed by atoms with Gasteiger partial charge in [-0.2, -0.15) is 0 Å². The monoisotopic (exact) mass is 305 g/mol. The van der Waals surface area contributed by atoms with Crippen LogP contribution in [0.5, 0.6) is 5.75 Å². The Labute approximate surface area is 127 Å². The van der Waals surface area contributed by atoms with Gasteiger partial charge in [-0.1, -0.05) is 11.3 Å².